The summed E-state index contributed by atoms with van der Waals surface area (Å²) in [5.74, 6) is -0.176. The van der Waals surface area contributed by atoms with Crippen molar-refractivity contribution in [2.75, 3.05) is 7.05 Å². The van der Waals surface area contributed by atoms with Crippen molar-refractivity contribution in [3.8, 4) is 5.69 Å². The van der Waals surface area contributed by atoms with Gasteiger partial charge in [0.15, 0.2) is 0 Å². The van der Waals surface area contributed by atoms with Gasteiger partial charge in [0.1, 0.15) is 5.82 Å². The lowest BCUT2D eigenvalue weighted by atomic mass is 9.63. The van der Waals surface area contributed by atoms with E-state index in [1.54, 1.807) is 17.0 Å². The Labute approximate surface area is 171 Å². The maximum absolute atomic E-state index is 13.4. The number of halogens is 1. The lowest BCUT2D eigenvalue weighted by Crippen LogP contribution is -2.49. The third kappa shape index (κ3) is 3.35. The number of carbonyl (C=O) groups excluding carboxylic acids is 1. The van der Waals surface area contributed by atoms with E-state index in [-0.39, 0.29) is 11.7 Å². The highest BCUT2D eigenvalue weighted by molar-refractivity contribution is 5.89. The normalized spacial score (nSPS) is 15.0. The smallest absolute Gasteiger partial charge is 0.233 e. The van der Waals surface area contributed by atoms with Gasteiger partial charge in [-0.2, -0.15) is 5.10 Å². The minimum atomic E-state index is -0.528. The molecule has 0 spiro atoms. The number of benzene rings is 2. The number of aryl methyl sites for hydroxylation is 1. The molecule has 1 aliphatic rings. The molecule has 0 atom stereocenters. The summed E-state index contributed by atoms with van der Waals surface area (Å²) in [4.78, 5) is 15.2. The second-order valence-electron chi connectivity index (χ2n) is 8.00. The van der Waals surface area contributed by atoms with Crippen LogP contribution in [-0.4, -0.2) is 27.6 Å². The van der Waals surface area contributed by atoms with Crippen molar-refractivity contribution in [2.45, 2.75) is 45.1 Å². The molecule has 0 saturated heterocycles. The van der Waals surface area contributed by atoms with Gasteiger partial charge in [-0.1, -0.05) is 36.8 Å². The molecule has 1 aliphatic carbocycles. The van der Waals surface area contributed by atoms with Crippen molar-refractivity contribution in [3.63, 3.8) is 0 Å². The van der Waals surface area contributed by atoms with Gasteiger partial charge in [-0.05, 0) is 56.5 Å². The minimum Gasteiger partial charge on any atom is -0.341 e. The molecule has 3 aromatic rings. The number of aromatic nitrogens is 2. The Bertz CT molecular complexity index is 1020. The first-order chi connectivity index (χ1) is 13.9. The van der Waals surface area contributed by atoms with E-state index in [0.717, 1.165) is 47.5 Å². The molecule has 0 N–H and O–H groups in total. The Morgan fingerprint density at radius 2 is 1.76 bits per heavy atom. The first kappa shape index (κ1) is 19.4. The molecule has 1 saturated carbocycles. The molecule has 0 aliphatic heterocycles. The van der Waals surface area contributed by atoms with Crippen LogP contribution in [0.2, 0.25) is 0 Å². The van der Waals surface area contributed by atoms with Crippen LogP contribution in [-0.2, 0) is 16.8 Å². The van der Waals surface area contributed by atoms with Crippen LogP contribution in [0.1, 0.15) is 41.8 Å². The maximum Gasteiger partial charge on any atom is 0.233 e. The molecule has 29 heavy (non-hydrogen) atoms. The Morgan fingerprint density at radius 3 is 2.34 bits per heavy atom. The summed E-state index contributed by atoms with van der Waals surface area (Å²) in [5.41, 5.74) is 4.43. The number of nitrogens with zero attached hydrogens (tertiary/aromatic N) is 3. The molecule has 0 unspecified atom stereocenters. The molecule has 4 nitrogen and oxygen atoms in total. The Morgan fingerprint density at radius 1 is 1.10 bits per heavy atom. The molecular weight excluding hydrogens is 365 g/mol. The Hall–Kier alpha value is -2.95. The predicted molar refractivity (Wildman–Crippen MR) is 111 cm³/mol. The van der Waals surface area contributed by atoms with E-state index in [9.17, 15) is 9.18 Å². The van der Waals surface area contributed by atoms with Crippen molar-refractivity contribution in [1.29, 1.82) is 0 Å². The van der Waals surface area contributed by atoms with E-state index in [1.807, 2.05) is 55.9 Å². The second-order valence-corrected chi connectivity index (χ2v) is 8.00. The highest BCUT2D eigenvalue weighted by Crippen LogP contribution is 2.45. The van der Waals surface area contributed by atoms with Gasteiger partial charge in [0.25, 0.3) is 0 Å². The predicted octanol–water partition coefficient (Wildman–Crippen LogP) is 4.71. The fourth-order valence-electron chi connectivity index (χ4n) is 4.32. The standard InChI is InChI=1S/C24H26FN3O/c1-17-22(18(2)28(26-17)21-8-5-4-6-9-21)16-27(3)23(29)24(14-7-15-24)19-10-12-20(25)13-11-19/h4-6,8-13H,7,14-16H2,1-3H3. The summed E-state index contributed by atoms with van der Waals surface area (Å²) < 4.78 is 15.3. The highest BCUT2D eigenvalue weighted by atomic mass is 19.1. The Kier molecular flexibility index (Phi) is 4.99. The molecule has 5 heteroatoms. The summed E-state index contributed by atoms with van der Waals surface area (Å²) in [6.45, 7) is 4.53. The van der Waals surface area contributed by atoms with Gasteiger partial charge in [0.05, 0.1) is 16.8 Å². The van der Waals surface area contributed by atoms with Crippen molar-refractivity contribution < 1.29 is 9.18 Å². The average Bonchev–Trinajstić information content (AvgIpc) is 2.97. The maximum atomic E-state index is 13.4. The molecule has 1 aromatic heterocycles. The second kappa shape index (κ2) is 7.47. The molecule has 0 radical (unpaired) electrons. The SMILES string of the molecule is Cc1nn(-c2ccccc2)c(C)c1CN(C)C(=O)C1(c2ccc(F)cc2)CCC1. The number of hydrogen-bond donors (Lipinski definition) is 0. The lowest BCUT2D eigenvalue weighted by molar-refractivity contribution is -0.140. The molecule has 1 heterocycles. The first-order valence-corrected chi connectivity index (χ1v) is 10.0. The van der Waals surface area contributed by atoms with Gasteiger partial charge in [-0.3, -0.25) is 4.79 Å². The van der Waals surface area contributed by atoms with Gasteiger partial charge >= 0.3 is 0 Å². The summed E-state index contributed by atoms with van der Waals surface area (Å²) in [6.07, 6.45) is 2.63. The van der Waals surface area contributed by atoms with Crippen molar-refractivity contribution in [1.82, 2.24) is 14.7 Å². The number of carbonyl (C=O) groups is 1. The Balaban J connectivity index is 1.59. The number of para-hydroxylation sites is 1. The summed E-state index contributed by atoms with van der Waals surface area (Å²) in [7, 11) is 1.85. The van der Waals surface area contributed by atoms with E-state index in [0.29, 0.717) is 6.54 Å². The highest BCUT2D eigenvalue weighted by Gasteiger charge is 2.47. The average molecular weight is 391 g/mol. The van der Waals surface area contributed by atoms with Crippen molar-refractivity contribution in [2.24, 2.45) is 0 Å². The van der Waals surface area contributed by atoms with Crippen LogP contribution in [0.4, 0.5) is 4.39 Å². The van der Waals surface area contributed by atoms with Crippen LogP contribution >= 0.6 is 0 Å². The first-order valence-electron chi connectivity index (χ1n) is 10.0. The monoisotopic (exact) mass is 391 g/mol. The van der Waals surface area contributed by atoms with Gasteiger partial charge in [-0.15, -0.1) is 0 Å². The zero-order valence-electron chi connectivity index (χ0n) is 17.2. The van der Waals surface area contributed by atoms with E-state index < -0.39 is 5.41 Å². The molecular formula is C24H26FN3O. The fourth-order valence-corrected chi connectivity index (χ4v) is 4.32. The number of amides is 1. The zero-order chi connectivity index (χ0) is 20.6. The summed E-state index contributed by atoms with van der Waals surface area (Å²) in [5, 5.41) is 4.69. The van der Waals surface area contributed by atoms with Gasteiger partial charge in [0.2, 0.25) is 5.91 Å². The van der Waals surface area contributed by atoms with Crippen LogP contribution in [0.5, 0.6) is 0 Å². The third-order valence-corrected chi connectivity index (χ3v) is 6.20. The van der Waals surface area contributed by atoms with Gasteiger partial charge in [-0.25, -0.2) is 9.07 Å². The zero-order valence-corrected chi connectivity index (χ0v) is 17.2. The largest absolute Gasteiger partial charge is 0.341 e. The number of rotatable bonds is 5. The van der Waals surface area contributed by atoms with Crippen LogP contribution in [0.25, 0.3) is 5.69 Å². The van der Waals surface area contributed by atoms with Crippen molar-refractivity contribution >= 4 is 5.91 Å². The quantitative estimate of drug-likeness (QED) is 0.632. The number of likely N-dealkylation sites (N-methyl/N-ethyl adjacent to an activating group) is 1. The molecule has 1 fully saturated rings. The summed E-state index contributed by atoms with van der Waals surface area (Å²) in [6, 6.07) is 16.4. The topological polar surface area (TPSA) is 38.1 Å². The van der Waals surface area contributed by atoms with Crippen molar-refractivity contribution in [3.05, 3.63) is 82.9 Å². The van der Waals surface area contributed by atoms with E-state index in [4.69, 9.17) is 5.10 Å². The van der Waals surface area contributed by atoms with Crippen LogP contribution in [0.3, 0.4) is 0 Å². The van der Waals surface area contributed by atoms with Gasteiger partial charge < -0.3 is 4.90 Å². The molecule has 2 aromatic carbocycles. The van der Waals surface area contributed by atoms with E-state index in [1.165, 1.54) is 12.1 Å². The minimum absolute atomic E-state index is 0.0987. The van der Waals surface area contributed by atoms with E-state index >= 15 is 0 Å². The number of hydrogen-bond acceptors (Lipinski definition) is 2. The summed E-state index contributed by atoms with van der Waals surface area (Å²) >= 11 is 0. The third-order valence-electron chi connectivity index (χ3n) is 6.20. The molecule has 1 amide bonds. The fraction of sp³-hybridized carbons (Fsp3) is 0.333. The van der Waals surface area contributed by atoms with Crippen LogP contribution in [0, 0.1) is 19.7 Å². The molecule has 150 valence electrons. The van der Waals surface area contributed by atoms with E-state index in [2.05, 4.69) is 0 Å². The van der Waals surface area contributed by atoms with Gasteiger partial charge in [0, 0.05) is 24.8 Å². The molecule has 0 bridgehead atoms. The molecule has 4 rings (SSSR count). The lowest BCUT2D eigenvalue weighted by Gasteiger charge is -2.43. The van der Waals surface area contributed by atoms with Crippen LogP contribution < -0.4 is 0 Å². The van der Waals surface area contributed by atoms with Crippen LogP contribution in [0.15, 0.2) is 54.6 Å².